The molecule has 0 aliphatic heterocycles. The Labute approximate surface area is 140 Å². The number of rotatable bonds is 9. The van der Waals surface area contributed by atoms with Crippen molar-refractivity contribution >= 4 is 0 Å². The molecule has 0 heterocycles. The van der Waals surface area contributed by atoms with Gasteiger partial charge in [-0.15, -0.1) is 0 Å². The molecule has 2 rings (SSSR count). The molecule has 1 unspecified atom stereocenters. The van der Waals surface area contributed by atoms with Crippen molar-refractivity contribution in [3.05, 3.63) is 29.8 Å². The zero-order chi connectivity index (χ0) is 16.5. The summed E-state index contributed by atoms with van der Waals surface area (Å²) in [6.45, 7) is 4.70. The maximum atomic E-state index is 10.3. The standard InChI is InChI=1S/C19H31NO3/c1-3-20(17-10-5-4-6-11-17)13-18(21)15-23-14-16-9-7-8-12-19(16)22-2/h7-9,12,17-18,21H,3-6,10-11,13-15H2,1-2H3. The van der Waals surface area contributed by atoms with Crippen LogP contribution in [0.3, 0.4) is 0 Å². The zero-order valence-corrected chi connectivity index (χ0v) is 14.5. The van der Waals surface area contributed by atoms with E-state index in [-0.39, 0.29) is 0 Å². The lowest BCUT2D eigenvalue weighted by Crippen LogP contribution is -2.42. The van der Waals surface area contributed by atoms with Gasteiger partial charge in [0.1, 0.15) is 5.75 Å². The van der Waals surface area contributed by atoms with Crippen molar-refractivity contribution in [2.45, 2.75) is 57.8 Å². The largest absolute Gasteiger partial charge is 0.496 e. The van der Waals surface area contributed by atoms with Crippen molar-refractivity contribution in [1.29, 1.82) is 0 Å². The van der Waals surface area contributed by atoms with Gasteiger partial charge in [-0.1, -0.05) is 44.4 Å². The molecular formula is C19H31NO3. The van der Waals surface area contributed by atoms with Crippen LogP contribution >= 0.6 is 0 Å². The molecule has 4 nitrogen and oxygen atoms in total. The normalized spacial score (nSPS) is 17.4. The molecule has 0 spiro atoms. The van der Waals surface area contributed by atoms with Crippen LogP contribution in [0.2, 0.25) is 0 Å². The first-order valence-electron chi connectivity index (χ1n) is 8.86. The highest BCUT2D eigenvalue weighted by Crippen LogP contribution is 2.23. The molecule has 1 saturated carbocycles. The van der Waals surface area contributed by atoms with Crippen molar-refractivity contribution in [3.8, 4) is 5.75 Å². The number of ether oxygens (including phenoxy) is 2. The molecule has 1 atom stereocenters. The molecular weight excluding hydrogens is 290 g/mol. The number of methoxy groups -OCH3 is 1. The predicted octanol–water partition coefficient (Wildman–Crippen LogP) is 3.23. The van der Waals surface area contributed by atoms with Gasteiger partial charge in [-0.05, 0) is 25.5 Å². The zero-order valence-electron chi connectivity index (χ0n) is 14.5. The van der Waals surface area contributed by atoms with Gasteiger partial charge in [0.15, 0.2) is 0 Å². The van der Waals surface area contributed by atoms with Crippen LogP contribution in [0.1, 0.15) is 44.6 Å². The highest BCUT2D eigenvalue weighted by atomic mass is 16.5. The summed E-state index contributed by atoms with van der Waals surface area (Å²) >= 11 is 0. The smallest absolute Gasteiger partial charge is 0.124 e. The van der Waals surface area contributed by atoms with Crippen LogP contribution in [0.5, 0.6) is 5.75 Å². The lowest BCUT2D eigenvalue weighted by molar-refractivity contribution is -0.000349. The van der Waals surface area contributed by atoms with Gasteiger partial charge in [-0.2, -0.15) is 0 Å². The fourth-order valence-electron chi connectivity index (χ4n) is 3.43. The minimum atomic E-state index is -0.438. The molecule has 0 aromatic heterocycles. The van der Waals surface area contributed by atoms with Crippen LogP contribution in [-0.4, -0.2) is 49.0 Å². The molecule has 1 aliphatic rings. The number of para-hydroxylation sites is 1. The van der Waals surface area contributed by atoms with Crippen molar-refractivity contribution in [2.75, 3.05) is 26.8 Å². The Kier molecular flexibility index (Phi) is 7.86. The second-order valence-corrected chi connectivity index (χ2v) is 6.36. The van der Waals surface area contributed by atoms with Gasteiger partial charge in [0, 0.05) is 18.2 Å². The molecule has 0 amide bonds. The van der Waals surface area contributed by atoms with Gasteiger partial charge in [0.05, 0.1) is 26.4 Å². The molecule has 4 heteroatoms. The van der Waals surface area contributed by atoms with Crippen LogP contribution in [-0.2, 0) is 11.3 Å². The molecule has 0 saturated heterocycles. The SMILES string of the molecule is CCN(CC(O)COCc1ccccc1OC)C1CCCCC1. The molecule has 0 bridgehead atoms. The Morgan fingerprint density at radius 2 is 1.96 bits per heavy atom. The van der Waals surface area contributed by atoms with E-state index < -0.39 is 6.10 Å². The summed E-state index contributed by atoms with van der Waals surface area (Å²) in [6, 6.07) is 8.47. The minimum absolute atomic E-state index is 0.362. The second-order valence-electron chi connectivity index (χ2n) is 6.36. The summed E-state index contributed by atoms with van der Waals surface area (Å²) in [6.07, 6.45) is 6.10. The number of hydrogen-bond acceptors (Lipinski definition) is 4. The topological polar surface area (TPSA) is 41.9 Å². The Morgan fingerprint density at radius 3 is 2.65 bits per heavy atom. The lowest BCUT2D eigenvalue weighted by Gasteiger charge is -2.34. The highest BCUT2D eigenvalue weighted by molar-refractivity contribution is 5.32. The highest BCUT2D eigenvalue weighted by Gasteiger charge is 2.22. The number of hydrogen-bond donors (Lipinski definition) is 1. The van der Waals surface area contributed by atoms with E-state index in [1.807, 2.05) is 24.3 Å². The van der Waals surface area contributed by atoms with Gasteiger partial charge < -0.3 is 14.6 Å². The fraction of sp³-hybridized carbons (Fsp3) is 0.684. The lowest BCUT2D eigenvalue weighted by atomic mass is 9.94. The molecule has 0 radical (unpaired) electrons. The van der Waals surface area contributed by atoms with Crippen molar-refractivity contribution in [3.63, 3.8) is 0 Å². The number of aliphatic hydroxyl groups excluding tert-OH is 1. The Balaban J connectivity index is 1.74. The van der Waals surface area contributed by atoms with E-state index >= 15 is 0 Å². The summed E-state index contributed by atoms with van der Waals surface area (Å²) in [5.41, 5.74) is 1.02. The Bertz CT molecular complexity index is 446. The number of nitrogens with zero attached hydrogens (tertiary/aromatic N) is 1. The van der Waals surface area contributed by atoms with Crippen LogP contribution in [0.15, 0.2) is 24.3 Å². The van der Waals surface area contributed by atoms with Gasteiger partial charge in [0.25, 0.3) is 0 Å². The Hall–Kier alpha value is -1.10. The van der Waals surface area contributed by atoms with E-state index in [1.54, 1.807) is 7.11 Å². The molecule has 1 aliphatic carbocycles. The molecule has 1 aromatic carbocycles. The van der Waals surface area contributed by atoms with Gasteiger partial charge in [0.2, 0.25) is 0 Å². The van der Waals surface area contributed by atoms with Crippen LogP contribution in [0, 0.1) is 0 Å². The molecule has 23 heavy (non-hydrogen) atoms. The van der Waals surface area contributed by atoms with E-state index in [1.165, 1.54) is 32.1 Å². The summed E-state index contributed by atoms with van der Waals surface area (Å²) in [7, 11) is 1.66. The third-order valence-corrected chi connectivity index (χ3v) is 4.70. The van der Waals surface area contributed by atoms with Gasteiger partial charge >= 0.3 is 0 Å². The first kappa shape index (κ1) is 18.2. The van der Waals surface area contributed by atoms with E-state index in [0.29, 0.717) is 25.8 Å². The van der Waals surface area contributed by atoms with Gasteiger partial charge in [-0.25, -0.2) is 0 Å². The fourth-order valence-corrected chi connectivity index (χ4v) is 3.43. The van der Waals surface area contributed by atoms with Crippen LogP contribution < -0.4 is 4.74 Å². The minimum Gasteiger partial charge on any atom is -0.496 e. The van der Waals surface area contributed by atoms with Crippen molar-refractivity contribution < 1.29 is 14.6 Å². The predicted molar refractivity (Wildman–Crippen MR) is 92.8 cm³/mol. The monoisotopic (exact) mass is 321 g/mol. The van der Waals surface area contributed by atoms with Crippen LogP contribution in [0.25, 0.3) is 0 Å². The van der Waals surface area contributed by atoms with E-state index in [9.17, 15) is 5.11 Å². The second kappa shape index (κ2) is 9.91. The third kappa shape index (κ3) is 5.79. The maximum Gasteiger partial charge on any atom is 0.124 e. The van der Waals surface area contributed by atoms with Crippen molar-refractivity contribution in [1.82, 2.24) is 4.90 Å². The average Bonchev–Trinajstić information content (AvgIpc) is 2.61. The molecule has 130 valence electrons. The van der Waals surface area contributed by atoms with Gasteiger partial charge in [-0.3, -0.25) is 4.90 Å². The quantitative estimate of drug-likeness (QED) is 0.758. The number of likely N-dealkylation sites (N-methyl/N-ethyl adjacent to an activating group) is 1. The van der Waals surface area contributed by atoms with E-state index in [4.69, 9.17) is 9.47 Å². The molecule has 1 fully saturated rings. The number of aliphatic hydroxyl groups is 1. The third-order valence-electron chi connectivity index (χ3n) is 4.70. The van der Waals surface area contributed by atoms with Crippen molar-refractivity contribution in [2.24, 2.45) is 0 Å². The molecule has 1 N–H and O–H groups in total. The average molecular weight is 321 g/mol. The summed E-state index contributed by atoms with van der Waals surface area (Å²) in [4.78, 5) is 2.41. The molecule has 1 aromatic rings. The Morgan fingerprint density at radius 1 is 1.22 bits per heavy atom. The summed E-state index contributed by atoms with van der Waals surface area (Å²) < 4.78 is 11.0. The van der Waals surface area contributed by atoms with Crippen LogP contribution in [0.4, 0.5) is 0 Å². The summed E-state index contributed by atoms with van der Waals surface area (Å²) in [5, 5.41) is 10.3. The first-order chi connectivity index (χ1) is 11.2. The van der Waals surface area contributed by atoms with E-state index in [2.05, 4.69) is 11.8 Å². The number of benzene rings is 1. The van der Waals surface area contributed by atoms with E-state index in [0.717, 1.165) is 17.9 Å². The summed E-state index contributed by atoms with van der Waals surface area (Å²) in [5.74, 6) is 0.833. The maximum absolute atomic E-state index is 10.3. The first-order valence-corrected chi connectivity index (χ1v) is 8.86.